The molecule has 1 aliphatic carbocycles. The van der Waals surface area contributed by atoms with E-state index >= 15 is 0 Å². The second kappa shape index (κ2) is 4.90. The van der Waals surface area contributed by atoms with E-state index in [1.807, 2.05) is 12.1 Å². The Hall–Kier alpha value is -1.07. The van der Waals surface area contributed by atoms with Crippen LogP contribution in [0.25, 0.3) is 0 Å². The molecule has 1 saturated carbocycles. The fraction of sp³-hybridized carbons (Fsp3) is 0.538. The van der Waals surface area contributed by atoms with Crippen LogP contribution in [0.1, 0.15) is 32.6 Å². The monoisotopic (exact) mass is 268 g/mol. The molecule has 0 spiro atoms. The number of sulfonamides is 1. The van der Waals surface area contributed by atoms with Crippen molar-refractivity contribution in [1.29, 1.82) is 0 Å². The Morgan fingerprint density at radius 1 is 1.28 bits per heavy atom. The van der Waals surface area contributed by atoms with E-state index in [2.05, 4.69) is 17.0 Å². The van der Waals surface area contributed by atoms with Gasteiger partial charge in [0.05, 0.1) is 5.69 Å². The number of rotatable bonds is 5. The van der Waals surface area contributed by atoms with Crippen molar-refractivity contribution in [3.05, 3.63) is 24.3 Å². The minimum Gasteiger partial charge on any atom is -0.379 e. The fourth-order valence-corrected chi connectivity index (χ4v) is 3.26. The third kappa shape index (κ3) is 2.37. The first kappa shape index (κ1) is 13.4. The second-order valence-electron chi connectivity index (χ2n) is 4.82. The molecule has 2 rings (SSSR count). The molecule has 2 N–H and O–H groups in total. The van der Waals surface area contributed by atoms with Crippen LogP contribution < -0.4 is 10.0 Å². The summed E-state index contributed by atoms with van der Waals surface area (Å²) in [6.07, 6.45) is 4.44. The van der Waals surface area contributed by atoms with Crippen molar-refractivity contribution in [2.75, 3.05) is 12.4 Å². The van der Waals surface area contributed by atoms with Crippen LogP contribution in [0.5, 0.6) is 0 Å². The van der Waals surface area contributed by atoms with Crippen LogP contribution in [0.3, 0.4) is 0 Å². The summed E-state index contributed by atoms with van der Waals surface area (Å²) < 4.78 is 26.3. The molecule has 1 aliphatic rings. The Balaban J connectivity index is 2.34. The minimum absolute atomic E-state index is 0.0827. The lowest BCUT2D eigenvalue weighted by Gasteiger charge is -2.43. The molecule has 1 aromatic rings. The second-order valence-corrected chi connectivity index (χ2v) is 6.67. The molecule has 0 atom stereocenters. The molecule has 4 nitrogen and oxygen atoms in total. The van der Waals surface area contributed by atoms with Gasteiger partial charge in [0.25, 0.3) is 0 Å². The number of benzene rings is 1. The van der Waals surface area contributed by atoms with E-state index in [1.165, 1.54) is 13.5 Å². The SMILES string of the molecule is CCC1(Nc2ccccc2S(=O)(=O)NC)CCC1. The molecule has 0 aromatic heterocycles. The van der Waals surface area contributed by atoms with Crippen LogP contribution in [0, 0.1) is 0 Å². The summed E-state index contributed by atoms with van der Waals surface area (Å²) in [5.74, 6) is 0. The number of para-hydroxylation sites is 1. The van der Waals surface area contributed by atoms with E-state index in [-0.39, 0.29) is 5.54 Å². The van der Waals surface area contributed by atoms with Crippen molar-refractivity contribution in [2.24, 2.45) is 0 Å². The topological polar surface area (TPSA) is 58.2 Å². The molecule has 1 aromatic carbocycles. The lowest BCUT2D eigenvalue weighted by molar-refractivity contribution is 0.269. The van der Waals surface area contributed by atoms with Crippen molar-refractivity contribution in [3.8, 4) is 0 Å². The van der Waals surface area contributed by atoms with Gasteiger partial charge in [0, 0.05) is 5.54 Å². The molecule has 5 heteroatoms. The van der Waals surface area contributed by atoms with Gasteiger partial charge in [-0.05, 0) is 44.9 Å². The Labute approximate surface area is 109 Å². The standard InChI is InChI=1S/C13H20N2O2S/c1-3-13(9-6-10-13)15-11-7-4-5-8-12(11)18(16,17)14-2/h4-5,7-8,14-15H,3,6,9-10H2,1-2H3. The highest BCUT2D eigenvalue weighted by atomic mass is 32.2. The highest BCUT2D eigenvalue weighted by molar-refractivity contribution is 7.89. The fourth-order valence-electron chi connectivity index (χ4n) is 2.37. The summed E-state index contributed by atoms with van der Waals surface area (Å²) in [5.41, 5.74) is 0.785. The average molecular weight is 268 g/mol. The van der Waals surface area contributed by atoms with Gasteiger partial charge in [0.2, 0.25) is 10.0 Å². The maximum absolute atomic E-state index is 12.0. The van der Waals surface area contributed by atoms with Crippen molar-refractivity contribution in [1.82, 2.24) is 4.72 Å². The van der Waals surface area contributed by atoms with Crippen LogP contribution >= 0.6 is 0 Å². The van der Waals surface area contributed by atoms with Gasteiger partial charge in [-0.2, -0.15) is 0 Å². The van der Waals surface area contributed by atoms with Gasteiger partial charge in [0.1, 0.15) is 4.90 Å². The summed E-state index contributed by atoms with van der Waals surface area (Å²) in [4.78, 5) is 0.326. The Morgan fingerprint density at radius 2 is 1.94 bits per heavy atom. The third-order valence-corrected chi connectivity index (χ3v) is 5.31. The molecule has 0 aliphatic heterocycles. The average Bonchev–Trinajstić information content (AvgIpc) is 2.34. The van der Waals surface area contributed by atoms with Gasteiger partial charge in [-0.1, -0.05) is 19.1 Å². The molecular formula is C13H20N2O2S. The molecule has 0 unspecified atom stereocenters. The largest absolute Gasteiger partial charge is 0.379 e. The number of hydrogen-bond acceptors (Lipinski definition) is 3. The highest BCUT2D eigenvalue weighted by Crippen LogP contribution is 2.39. The molecule has 0 heterocycles. The Kier molecular flexibility index (Phi) is 3.64. The summed E-state index contributed by atoms with van der Waals surface area (Å²) >= 11 is 0. The Morgan fingerprint density at radius 3 is 2.44 bits per heavy atom. The molecule has 1 fully saturated rings. The van der Waals surface area contributed by atoms with E-state index in [0.717, 1.165) is 19.3 Å². The zero-order chi connectivity index (χ0) is 13.2. The molecule has 0 amide bonds. The van der Waals surface area contributed by atoms with Crippen LogP contribution in [0.2, 0.25) is 0 Å². The first-order chi connectivity index (χ1) is 8.53. The zero-order valence-corrected chi connectivity index (χ0v) is 11.7. The predicted octanol–water partition coefficient (Wildman–Crippen LogP) is 2.34. The van der Waals surface area contributed by atoms with Gasteiger partial charge in [-0.3, -0.25) is 0 Å². The van der Waals surface area contributed by atoms with Crippen molar-refractivity contribution in [2.45, 2.75) is 43.0 Å². The van der Waals surface area contributed by atoms with Crippen LogP contribution in [0.4, 0.5) is 5.69 Å². The van der Waals surface area contributed by atoms with Gasteiger partial charge in [-0.15, -0.1) is 0 Å². The van der Waals surface area contributed by atoms with Gasteiger partial charge < -0.3 is 5.32 Å². The third-order valence-electron chi connectivity index (χ3n) is 3.83. The normalized spacial score (nSPS) is 18.1. The highest BCUT2D eigenvalue weighted by Gasteiger charge is 2.35. The summed E-state index contributed by atoms with van der Waals surface area (Å²) in [6.45, 7) is 2.14. The van der Waals surface area contributed by atoms with Crippen LogP contribution in [-0.4, -0.2) is 21.0 Å². The molecule has 100 valence electrons. The minimum atomic E-state index is -3.41. The van der Waals surface area contributed by atoms with Gasteiger partial charge >= 0.3 is 0 Å². The summed E-state index contributed by atoms with van der Waals surface area (Å²) in [5, 5.41) is 3.43. The first-order valence-electron chi connectivity index (χ1n) is 6.34. The van der Waals surface area contributed by atoms with Gasteiger partial charge in [-0.25, -0.2) is 13.1 Å². The van der Waals surface area contributed by atoms with Crippen LogP contribution in [-0.2, 0) is 10.0 Å². The van der Waals surface area contributed by atoms with E-state index in [1.54, 1.807) is 12.1 Å². The smallest absolute Gasteiger partial charge is 0.242 e. The first-order valence-corrected chi connectivity index (χ1v) is 7.82. The van der Waals surface area contributed by atoms with Crippen LogP contribution in [0.15, 0.2) is 29.2 Å². The predicted molar refractivity (Wildman–Crippen MR) is 73.2 cm³/mol. The Bertz CT molecular complexity index is 516. The van der Waals surface area contributed by atoms with Gasteiger partial charge in [0.15, 0.2) is 0 Å². The van der Waals surface area contributed by atoms with E-state index in [9.17, 15) is 8.42 Å². The quantitative estimate of drug-likeness (QED) is 0.861. The number of nitrogens with one attached hydrogen (secondary N) is 2. The number of anilines is 1. The molecule has 0 radical (unpaired) electrons. The molecule has 0 bridgehead atoms. The van der Waals surface area contributed by atoms with E-state index in [0.29, 0.717) is 10.6 Å². The maximum Gasteiger partial charge on any atom is 0.242 e. The molecule has 0 saturated heterocycles. The zero-order valence-electron chi connectivity index (χ0n) is 10.9. The lowest BCUT2D eigenvalue weighted by atomic mass is 9.74. The lowest BCUT2D eigenvalue weighted by Crippen LogP contribution is -2.44. The maximum atomic E-state index is 12.0. The van der Waals surface area contributed by atoms with E-state index in [4.69, 9.17) is 0 Å². The molecular weight excluding hydrogens is 248 g/mol. The number of hydrogen-bond donors (Lipinski definition) is 2. The van der Waals surface area contributed by atoms with Crippen molar-refractivity contribution in [3.63, 3.8) is 0 Å². The van der Waals surface area contributed by atoms with Crippen molar-refractivity contribution >= 4 is 15.7 Å². The molecule has 18 heavy (non-hydrogen) atoms. The van der Waals surface area contributed by atoms with E-state index < -0.39 is 10.0 Å². The summed E-state index contributed by atoms with van der Waals surface area (Å²) in [6, 6.07) is 7.07. The van der Waals surface area contributed by atoms with Crippen molar-refractivity contribution < 1.29 is 8.42 Å². The summed E-state index contributed by atoms with van der Waals surface area (Å²) in [7, 11) is -1.97.